The highest BCUT2D eigenvalue weighted by Gasteiger charge is 2.22. The van der Waals surface area contributed by atoms with Gasteiger partial charge in [-0.05, 0) is 39.7 Å². The van der Waals surface area contributed by atoms with Gasteiger partial charge in [-0.25, -0.2) is 0 Å². The molecule has 0 spiro atoms. The normalized spacial score (nSPS) is 11.6. The molecule has 1 atom stereocenters. The first-order chi connectivity index (χ1) is 13.5. The zero-order chi connectivity index (χ0) is 20.1. The largest absolute Gasteiger partial charge is 0.361 e. The first-order valence-electron chi connectivity index (χ1n) is 8.62. The topological polar surface area (TPSA) is 103 Å². The second kappa shape index (κ2) is 8.71. The molecule has 8 heteroatoms. The number of amides is 3. The summed E-state index contributed by atoms with van der Waals surface area (Å²) >= 11 is 3.29. The zero-order valence-corrected chi connectivity index (χ0v) is 16.7. The lowest BCUT2D eigenvalue weighted by molar-refractivity contribution is -0.128. The number of hydrogen-bond donors (Lipinski definition) is 4. The Bertz CT molecular complexity index is 1030. The average Bonchev–Trinajstić information content (AvgIpc) is 3.08. The van der Waals surface area contributed by atoms with Gasteiger partial charge in [0.25, 0.3) is 11.8 Å². The molecular formula is C20H19BrN4O3. The van der Waals surface area contributed by atoms with Gasteiger partial charge in [0.2, 0.25) is 5.91 Å². The SMILES string of the molecule is CC(=O)NC(Cc1c[nH]c2ccccc12)C(=O)NNC(=O)c1ccccc1Br. The lowest BCUT2D eigenvalue weighted by atomic mass is 10.0. The van der Waals surface area contributed by atoms with Gasteiger partial charge < -0.3 is 10.3 Å². The molecule has 2 aromatic carbocycles. The van der Waals surface area contributed by atoms with E-state index in [1.165, 1.54) is 6.92 Å². The maximum atomic E-state index is 12.6. The standard InChI is InChI=1S/C20H19BrN4O3/c1-12(26)23-18(10-13-11-22-17-9-5-3-6-14(13)17)20(28)25-24-19(27)15-7-2-4-8-16(15)21/h2-9,11,18,22H,10H2,1H3,(H,23,26)(H,24,27)(H,25,28). The third-order valence-corrected chi connectivity index (χ3v) is 4.90. The number of carbonyl (C=O) groups is 3. The van der Waals surface area contributed by atoms with Gasteiger partial charge in [0.1, 0.15) is 6.04 Å². The van der Waals surface area contributed by atoms with Crippen LogP contribution in [0.25, 0.3) is 10.9 Å². The van der Waals surface area contributed by atoms with Crippen molar-refractivity contribution in [2.45, 2.75) is 19.4 Å². The van der Waals surface area contributed by atoms with E-state index in [9.17, 15) is 14.4 Å². The summed E-state index contributed by atoms with van der Waals surface area (Å²) in [5, 5.41) is 3.61. The summed E-state index contributed by atoms with van der Waals surface area (Å²) in [7, 11) is 0. The van der Waals surface area contributed by atoms with Gasteiger partial charge in [0.05, 0.1) is 5.56 Å². The number of benzene rings is 2. The highest BCUT2D eigenvalue weighted by Crippen LogP contribution is 2.19. The molecule has 3 aromatic rings. The van der Waals surface area contributed by atoms with Gasteiger partial charge in [0.15, 0.2) is 0 Å². The van der Waals surface area contributed by atoms with Gasteiger partial charge in [-0.1, -0.05) is 30.3 Å². The Labute approximate surface area is 170 Å². The minimum Gasteiger partial charge on any atom is -0.361 e. The monoisotopic (exact) mass is 442 g/mol. The first-order valence-corrected chi connectivity index (χ1v) is 9.42. The Kier molecular flexibility index (Phi) is 6.10. The van der Waals surface area contributed by atoms with Crippen LogP contribution >= 0.6 is 15.9 Å². The van der Waals surface area contributed by atoms with Crippen LogP contribution in [0.15, 0.2) is 59.2 Å². The molecule has 0 radical (unpaired) electrons. The van der Waals surface area contributed by atoms with Crippen LogP contribution in [0.3, 0.4) is 0 Å². The number of halogens is 1. The summed E-state index contributed by atoms with van der Waals surface area (Å²) in [4.78, 5) is 39.6. The molecule has 144 valence electrons. The Balaban J connectivity index is 1.70. The smallest absolute Gasteiger partial charge is 0.270 e. The van der Waals surface area contributed by atoms with E-state index in [4.69, 9.17) is 0 Å². The van der Waals surface area contributed by atoms with Crippen LogP contribution in [0.2, 0.25) is 0 Å². The number of rotatable bonds is 5. The van der Waals surface area contributed by atoms with Crippen molar-refractivity contribution in [2.24, 2.45) is 0 Å². The van der Waals surface area contributed by atoms with E-state index in [1.54, 1.807) is 24.3 Å². The number of aromatic nitrogens is 1. The third-order valence-electron chi connectivity index (χ3n) is 4.21. The van der Waals surface area contributed by atoms with Crippen LogP contribution in [0.4, 0.5) is 0 Å². The molecule has 0 aliphatic heterocycles. The number of fused-ring (bicyclic) bond motifs is 1. The van der Waals surface area contributed by atoms with Gasteiger partial charge in [0, 0.05) is 34.9 Å². The molecule has 4 N–H and O–H groups in total. The van der Waals surface area contributed by atoms with Crippen LogP contribution in [0, 0.1) is 0 Å². The van der Waals surface area contributed by atoms with Crippen molar-refractivity contribution in [3.05, 3.63) is 70.3 Å². The van der Waals surface area contributed by atoms with Crippen LogP contribution < -0.4 is 16.2 Å². The molecule has 0 saturated heterocycles. The highest BCUT2D eigenvalue weighted by molar-refractivity contribution is 9.10. The van der Waals surface area contributed by atoms with E-state index >= 15 is 0 Å². The molecule has 3 rings (SSSR count). The molecule has 3 amide bonds. The molecule has 0 aliphatic rings. The molecule has 0 fully saturated rings. The number of H-pyrrole nitrogens is 1. The first kappa shape index (κ1) is 19.6. The molecule has 0 aliphatic carbocycles. The summed E-state index contributed by atoms with van der Waals surface area (Å²) in [5.74, 6) is -1.31. The minimum absolute atomic E-state index is 0.278. The average molecular weight is 443 g/mol. The number of aromatic amines is 1. The molecule has 1 aromatic heterocycles. The van der Waals surface area contributed by atoms with Gasteiger partial charge >= 0.3 is 0 Å². The van der Waals surface area contributed by atoms with E-state index < -0.39 is 17.9 Å². The van der Waals surface area contributed by atoms with Crippen molar-refractivity contribution < 1.29 is 14.4 Å². The van der Waals surface area contributed by atoms with E-state index in [1.807, 2.05) is 30.5 Å². The third kappa shape index (κ3) is 4.58. The fraction of sp³-hybridized carbons (Fsp3) is 0.150. The minimum atomic E-state index is -0.837. The van der Waals surface area contributed by atoms with Crippen molar-refractivity contribution in [2.75, 3.05) is 0 Å². The lowest BCUT2D eigenvalue weighted by Crippen LogP contribution is -2.52. The Morgan fingerprint density at radius 1 is 1.04 bits per heavy atom. The number of carbonyl (C=O) groups excluding carboxylic acids is 3. The van der Waals surface area contributed by atoms with Crippen molar-refractivity contribution in [3.8, 4) is 0 Å². The lowest BCUT2D eigenvalue weighted by Gasteiger charge is -2.18. The number of nitrogens with one attached hydrogen (secondary N) is 4. The fourth-order valence-electron chi connectivity index (χ4n) is 2.89. The van der Waals surface area contributed by atoms with Crippen LogP contribution in [0.1, 0.15) is 22.8 Å². The maximum Gasteiger partial charge on any atom is 0.270 e. The maximum absolute atomic E-state index is 12.6. The van der Waals surface area contributed by atoms with Crippen molar-refractivity contribution in [3.63, 3.8) is 0 Å². The summed E-state index contributed by atoms with van der Waals surface area (Å²) < 4.78 is 0.610. The molecule has 0 saturated carbocycles. The molecule has 1 unspecified atom stereocenters. The summed E-state index contributed by atoms with van der Waals surface area (Å²) in [6.45, 7) is 1.34. The van der Waals surface area contributed by atoms with E-state index in [2.05, 4.69) is 37.1 Å². The Hall–Kier alpha value is -3.13. The van der Waals surface area contributed by atoms with Crippen LogP contribution in [0.5, 0.6) is 0 Å². The summed E-state index contributed by atoms with van der Waals surface area (Å²) in [5.41, 5.74) is 6.99. The molecule has 28 heavy (non-hydrogen) atoms. The van der Waals surface area contributed by atoms with Crippen molar-refractivity contribution in [1.29, 1.82) is 0 Å². The molecule has 7 nitrogen and oxygen atoms in total. The number of hydrazine groups is 1. The molecular weight excluding hydrogens is 424 g/mol. The Morgan fingerprint density at radius 2 is 1.75 bits per heavy atom. The summed E-state index contributed by atoms with van der Waals surface area (Å²) in [6, 6.07) is 13.7. The number of para-hydroxylation sites is 1. The highest BCUT2D eigenvalue weighted by atomic mass is 79.9. The zero-order valence-electron chi connectivity index (χ0n) is 15.1. The Morgan fingerprint density at radius 3 is 2.50 bits per heavy atom. The predicted molar refractivity (Wildman–Crippen MR) is 109 cm³/mol. The second-order valence-electron chi connectivity index (χ2n) is 6.24. The fourth-order valence-corrected chi connectivity index (χ4v) is 3.36. The van der Waals surface area contributed by atoms with Crippen molar-refractivity contribution in [1.82, 2.24) is 21.2 Å². The van der Waals surface area contributed by atoms with E-state index in [0.29, 0.717) is 10.0 Å². The summed E-state index contributed by atoms with van der Waals surface area (Å²) in [6.07, 6.45) is 2.09. The second-order valence-corrected chi connectivity index (χ2v) is 7.09. The van der Waals surface area contributed by atoms with Crippen molar-refractivity contribution >= 4 is 44.6 Å². The van der Waals surface area contributed by atoms with Gasteiger partial charge in [-0.3, -0.25) is 25.2 Å². The van der Waals surface area contributed by atoms with E-state index in [0.717, 1.165) is 16.5 Å². The van der Waals surface area contributed by atoms with Gasteiger partial charge in [-0.2, -0.15) is 0 Å². The molecule has 1 heterocycles. The quantitative estimate of drug-likeness (QED) is 0.456. The number of hydrogen-bond acceptors (Lipinski definition) is 3. The van der Waals surface area contributed by atoms with Crippen LogP contribution in [-0.4, -0.2) is 28.7 Å². The van der Waals surface area contributed by atoms with Crippen LogP contribution in [-0.2, 0) is 16.0 Å². The van der Waals surface area contributed by atoms with E-state index in [-0.39, 0.29) is 12.3 Å². The van der Waals surface area contributed by atoms with Gasteiger partial charge in [-0.15, -0.1) is 0 Å². The molecule has 0 bridgehead atoms. The predicted octanol–water partition coefficient (Wildman–Crippen LogP) is 2.44.